The van der Waals surface area contributed by atoms with Crippen molar-refractivity contribution in [1.29, 1.82) is 0 Å². The first kappa shape index (κ1) is 17.3. The lowest BCUT2D eigenvalue weighted by atomic mass is 10.1. The highest BCUT2D eigenvalue weighted by molar-refractivity contribution is 14.1. The van der Waals surface area contributed by atoms with Crippen LogP contribution < -0.4 is 4.74 Å². The number of halogens is 1. The highest BCUT2D eigenvalue weighted by atomic mass is 127. The summed E-state index contributed by atoms with van der Waals surface area (Å²) in [7, 11) is 3.93. The van der Waals surface area contributed by atoms with Crippen LogP contribution in [0.2, 0.25) is 0 Å². The Morgan fingerprint density at radius 2 is 1.86 bits per heavy atom. The van der Waals surface area contributed by atoms with Crippen LogP contribution in [0, 0.1) is 3.57 Å². The van der Waals surface area contributed by atoms with E-state index in [1.807, 2.05) is 6.07 Å². The first-order chi connectivity index (χ1) is 10.6. The van der Waals surface area contributed by atoms with Gasteiger partial charge in [-0.1, -0.05) is 30.3 Å². The number of ether oxygens (including phenoxy) is 1. The molecule has 1 atom stereocenters. The van der Waals surface area contributed by atoms with Crippen molar-refractivity contribution in [2.45, 2.75) is 25.8 Å². The maximum atomic E-state index is 5.34. The first-order valence-corrected chi connectivity index (χ1v) is 8.74. The lowest BCUT2D eigenvalue weighted by Crippen LogP contribution is -2.32. The van der Waals surface area contributed by atoms with E-state index in [0.717, 1.165) is 25.1 Å². The van der Waals surface area contributed by atoms with E-state index in [1.54, 1.807) is 7.11 Å². The van der Waals surface area contributed by atoms with Gasteiger partial charge in [0, 0.05) is 16.2 Å². The molecule has 0 bridgehead atoms. The van der Waals surface area contributed by atoms with Gasteiger partial charge in [-0.2, -0.15) is 0 Å². The fourth-order valence-corrected chi connectivity index (χ4v) is 3.03. The van der Waals surface area contributed by atoms with Crippen LogP contribution in [0.25, 0.3) is 0 Å². The number of rotatable bonds is 7. The third-order valence-electron chi connectivity index (χ3n) is 4.12. The maximum Gasteiger partial charge on any atom is 0.119 e. The predicted octanol–water partition coefficient (Wildman–Crippen LogP) is 4.41. The number of hydrogen-bond donors (Lipinski definition) is 0. The number of hydrogen-bond acceptors (Lipinski definition) is 2. The van der Waals surface area contributed by atoms with Crippen LogP contribution >= 0.6 is 22.6 Å². The van der Waals surface area contributed by atoms with E-state index in [0.29, 0.717) is 6.04 Å². The summed E-state index contributed by atoms with van der Waals surface area (Å²) in [5, 5.41) is 0. The number of methoxy groups -OCH3 is 1. The van der Waals surface area contributed by atoms with Gasteiger partial charge in [0.2, 0.25) is 0 Å². The van der Waals surface area contributed by atoms with Crippen LogP contribution in [-0.4, -0.2) is 31.6 Å². The molecule has 0 amide bonds. The summed E-state index contributed by atoms with van der Waals surface area (Å²) in [5.74, 6) is 0.939. The summed E-state index contributed by atoms with van der Waals surface area (Å²) in [4.78, 5) is 2.43. The maximum absolute atomic E-state index is 5.34. The highest BCUT2D eigenvalue weighted by Crippen LogP contribution is 2.21. The summed E-state index contributed by atoms with van der Waals surface area (Å²) in [6.45, 7) is 3.37. The van der Waals surface area contributed by atoms with E-state index >= 15 is 0 Å². The second-order valence-electron chi connectivity index (χ2n) is 5.73. The summed E-state index contributed by atoms with van der Waals surface area (Å²) in [6.07, 6.45) is 2.14. The van der Waals surface area contributed by atoms with Crippen molar-refractivity contribution in [3.05, 3.63) is 63.2 Å². The number of likely N-dealkylation sites (N-methyl/N-ethyl adjacent to an activating group) is 1. The molecule has 2 nitrogen and oxygen atoms in total. The molecule has 0 unspecified atom stereocenters. The molecule has 0 aromatic heterocycles. The van der Waals surface area contributed by atoms with Crippen LogP contribution in [0.5, 0.6) is 5.75 Å². The zero-order valence-corrected chi connectivity index (χ0v) is 15.7. The van der Waals surface area contributed by atoms with Crippen molar-refractivity contribution in [2.75, 3.05) is 20.7 Å². The zero-order valence-electron chi connectivity index (χ0n) is 13.6. The van der Waals surface area contributed by atoms with Crippen molar-refractivity contribution < 1.29 is 4.74 Å². The van der Waals surface area contributed by atoms with Gasteiger partial charge < -0.3 is 9.64 Å². The third-order valence-corrected chi connectivity index (χ3v) is 5.17. The van der Waals surface area contributed by atoms with Crippen LogP contribution in [0.4, 0.5) is 0 Å². The molecule has 0 aliphatic heterocycles. The third kappa shape index (κ3) is 4.99. The number of nitrogens with zero attached hydrogens (tertiary/aromatic N) is 1. The molecule has 0 spiro atoms. The van der Waals surface area contributed by atoms with E-state index in [-0.39, 0.29) is 0 Å². The van der Waals surface area contributed by atoms with E-state index in [9.17, 15) is 0 Å². The fourth-order valence-electron chi connectivity index (χ4n) is 2.48. The molecule has 3 heteroatoms. The fraction of sp³-hybridized carbons (Fsp3) is 0.368. The van der Waals surface area contributed by atoms with Crippen LogP contribution in [0.3, 0.4) is 0 Å². The van der Waals surface area contributed by atoms with Crippen LogP contribution in [0.1, 0.15) is 18.1 Å². The highest BCUT2D eigenvalue weighted by Gasteiger charge is 2.12. The van der Waals surface area contributed by atoms with E-state index in [1.165, 1.54) is 14.7 Å². The molecule has 22 heavy (non-hydrogen) atoms. The second kappa shape index (κ2) is 8.53. The molecule has 0 saturated carbocycles. The molecule has 0 heterocycles. The largest absolute Gasteiger partial charge is 0.497 e. The Labute approximate surface area is 147 Å². The predicted molar refractivity (Wildman–Crippen MR) is 102 cm³/mol. The standard InChI is InChI=1S/C19H24INO/c1-15(13-17-14-18(22-3)9-10-19(17)20)21(2)12-11-16-7-5-4-6-8-16/h4-10,14-15H,11-13H2,1-3H3/t15-/m0/s1. The van der Waals surface area contributed by atoms with Crippen molar-refractivity contribution in [2.24, 2.45) is 0 Å². The van der Waals surface area contributed by atoms with Gasteiger partial charge in [-0.25, -0.2) is 0 Å². The molecule has 0 aliphatic rings. The second-order valence-corrected chi connectivity index (χ2v) is 6.89. The summed E-state index contributed by atoms with van der Waals surface area (Å²) >= 11 is 2.41. The van der Waals surface area contributed by atoms with Crippen LogP contribution in [-0.2, 0) is 12.8 Å². The Morgan fingerprint density at radius 1 is 1.14 bits per heavy atom. The van der Waals surface area contributed by atoms with Gasteiger partial charge in [-0.15, -0.1) is 0 Å². The molecule has 0 N–H and O–H groups in total. The minimum Gasteiger partial charge on any atom is -0.497 e. The van der Waals surface area contributed by atoms with Crippen molar-refractivity contribution in [1.82, 2.24) is 4.90 Å². The van der Waals surface area contributed by atoms with Gasteiger partial charge >= 0.3 is 0 Å². The van der Waals surface area contributed by atoms with Gasteiger partial charge in [0.1, 0.15) is 5.75 Å². The normalized spacial score (nSPS) is 12.4. The monoisotopic (exact) mass is 409 g/mol. The van der Waals surface area contributed by atoms with E-state index in [2.05, 4.69) is 83.9 Å². The summed E-state index contributed by atoms with van der Waals surface area (Å²) < 4.78 is 6.65. The quantitative estimate of drug-likeness (QED) is 0.629. The Hall–Kier alpha value is -1.07. The van der Waals surface area contributed by atoms with Crippen molar-refractivity contribution >= 4 is 22.6 Å². The molecule has 0 radical (unpaired) electrons. The molecule has 2 rings (SSSR count). The lowest BCUT2D eigenvalue weighted by molar-refractivity contribution is 0.259. The average molecular weight is 409 g/mol. The zero-order chi connectivity index (χ0) is 15.9. The smallest absolute Gasteiger partial charge is 0.119 e. The summed E-state index contributed by atoms with van der Waals surface area (Å²) in [5.41, 5.74) is 2.76. The van der Waals surface area contributed by atoms with Gasteiger partial charge in [0.05, 0.1) is 7.11 Å². The van der Waals surface area contributed by atoms with Crippen molar-refractivity contribution in [3.63, 3.8) is 0 Å². The molecule has 0 fully saturated rings. The average Bonchev–Trinajstić information content (AvgIpc) is 2.55. The molecule has 2 aromatic rings. The molecule has 2 aromatic carbocycles. The molecule has 0 aliphatic carbocycles. The molecule has 118 valence electrons. The van der Waals surface area contributed by atoms with Crippen LogP contribution in [0.15, 0.2) is 48.5 Å². The topological polar surface area (TPSA) is 12.5 Å². The lowest BCUT2D eigenvalue weighted by Gasteiger charge is -2.25. The van der Waals surface area contributed by atoms with E-state index < -0.39 is 0 Å². The molecular formula is C19H24INO. The van der Waals surface area contributed by atoms with Gasteiger partial charge in [-0.3, -0.25) is 0 Å². The number of benzene rings is 2. The Morgan fingerprint density at radius 3 is 2.55 bits per heavy atom. The Kier molecular flexibility index (Phi) is 6.70. The van der Waals surface area contributed by atoms with Crippen molar-refractivity contribution in [3.8, 4) is 5.75 Å². The van der Waals surface area contributed by atoms with Gasteiger partial charge in [0.25, 0.3) is 0 Å². The van der Waals surface area contributed by atoms with Gasteiger partial charge in [-0.05, 0) is 78.7 Å². The first-order valence-electron chi connectivity index (χ1n) is 7.66. The minimum absolute atomic E-state index is 0.504. The minimum atomic E-state index is 0.504. The summed E-state index contributed by atoms with van der Waals surface area (Å²) in [6, 6.07) is 17.5. The van der Waals surface area contributed by atoms with Gasteiger partial charge in [0.15, 0.2) is 0 Å². The van der Waals surface area contributed by atoms with E-state index in [4.69, 9.17) is 4.74 Å². The Balaban J connectivity index is 1.92. The molecular weight excluding hydrogens is 385 g/mol. The Bertz CT molecular complexity index is 585. The molecule has 0 saturated heterocycles. The SMILES string of the molecule is COc1ccc(I)c(C[C@H](C)N(C)CCc2ccccc2)c1.